The predicted octanol–water partition coefficient (Wildman–Crippen LogP) is 3.59. The van der Waals surface area contributed by atoms with E-state index in [2.05, 4.69) is 9.93 Å². The Morgan fingerprint density at radius 3 is 2.29 bits per heavy atom. The summed E-state index contributed by atoms with van der Waals surface area (Å²) in [5, 5.41) is 3.88. The number of nitrogens with zero attached hydrogens (tertiary/aromatic N) is 1. The van der Waals surface area contributed by atoms with Crippen LogP contribution in [0, 0.1) is 0 Å². The van der Waals surface area contributed by atoms with Gasteiger partial charge < -0.3 is 9.47 Å². The van der Waals surface area contributed by atoms with Crippen LogP contribution in [-0.4, -0.2) is 21.7 Å². The lowest BCUT2D eigenvalue weighted by molar-refractivity contribution is 0.284. The van der Waals surface area contributed by atoms with E-state index in [1.54, 1.807) is 43.5 Å². The van der Waals surface area contributed by atoms with Crippen molar-refractivity contribution >= 4 is 16.2 Å². The molecule has 0 aliphatic heterocycles. The van der Waals surface area contributed by atoms with Gasteiger partial charge in [0.05, 0.1) is 18.2 Å². The molecule has 0 saturated heterocycles. The van der Waals surface area contributed by atoms with E-state index < -0.39 is 10.0 Å². The van der Waals surface area contributed by atoms with Crippen molar-refractivity contribution in [3.8, 4) is 11.5 Å². The van der Waals surface area contributed by atoms with Crippen molar-refractivity contribution in [3.63, 3.8) is 0 Å². The minimum absolute atomic E-state index is 0.137. The first-order chi connectivity index (χ1) is 13.6. The summed E-state index contributed by atoms with van der Waals surface area (Å²) < 4.78 is 35.8. The van der Waals surface area contributed by atoms with Gasteiger partial charge in [-0.05, 0) is 29.8 Å². The molecule has 0 heterocycles. The van der Waals surface area contributed by atoms with Crippen molar-refractivity contribution in [2.45, 2.75) is 11.5 Å². The molecule has 0 bridgehead atoms. The molecule has 1 N–H and O–H groups in total. The lowest BCUT2D eigenvalue weighted by Crippen LogP contribution is -2.18. The molecule has 0 aliphatic rings. The molecule has 0 spiro atoms. The van der Waals surface area contributed by atoms with Gasteiger partial charge >= 0.3 is 0 Å². The van der Waals surface area contributed by atoms with Crippen LogP contribution in [0.4, 0.5) is 0 Å². The van der Waals surface area contributed by atoms with Crippen LogP contribution in [0.1, 0.15) is 11.1 Å². The average Bonchev–Trinajstić information content (AvgIpc) is 2.74. The van der Waals surface area contributed by atoms with Crippen molar-refractivity contribution in [1.82, 2.24) is 4.83 Å². The maximum absolute atomic E-state index is 12.3. The van der Waals surface area contributed by atoms with Crippen LogP contribution in [-0.2, 0) is 16.6 Å². The molecule has 0 unspecified atom stereocenters. The zero-order chi connectivity index (χ0) is 19.8. The van der Waals surface area contributed by atoms with E-state index in [-0.39, 0.29) is 4.90 Å². The SMILES string of the molecule is COc1cccc(/C=N\NS(=O)(=O)c2ccccc2)c1OCc1ccccc1. The van der Waals surface area contributed by atoms with Crippen molar-refractivity contribution in [3.05, 3.63) is 90.0 Å². The minimum atomic E-state index is -3.73. The van der Waals surface area contributed by atoms with Crippen LogP contribution in [0.3, 0.4) is 0 Å². The third-order valence-corrected chi connectivity index (χ3v) is 5.12. The molecule has 7 heteroatoms. The molecule has 3 rings (SSSR count). The molecule has 0 fully saturated rings. The van der Waals surface area contributed by atoms with E-state index in [9.17, 15) is 8.42 Å². The number of methoxy groups -OCH3 is 1. The Bertz CT molecular complexity index is 1040. The number of hydrogen-bond acceptors (Lipinski definition) is 5. The van der Waals surface area contributed by atoms with E-state index in [4.69, 9.17) is 9.47 Å². The number of rotatable bonds is 8. The fourth-order valence-electron chi connectivity index (χ4n) is 2.50. The Kier molecular flexibility index (Phi) is 6.29. The van der Waals surface area contributed by atoms with Gasteiger partial charge in [-0.3, -0.25) is 0 Å². The van der Waals surface area contributed by atoms with Crippen LogP contribution in [0.2, 0.25) is 0 Å². The highest BCUT2D eigenvalue weighted by Crippen LogP contribution is 2.30. The molecule has 6 nitrogen and oxygen atoms in total. The highest BCUT2D eigenvalue weighted by atomic mass is 32.2. The molecule has 0 aliphatic carbocycles. The molecular weight excluding hydrogens is 376 g/mol. The van der Waals surface area contributed by atoms with Crippen molar-refractivity contribution < 1.29 is 17.9 Å². The van der Waals surface area contributed by atoms with Crippen molar-refractivity contribution in [2.75, 3.05) is 7.11 Å². The van der Waals surface area contributed by atoms with Gasteiger partial charge in [0, 0.05) is 5.56 Å². The maximum atomic E-state index is 12.3. The Morgan fingerprint density at radius 1 is 0.929 bits per heavy atom. The summed E-state index contributed by atoms with van der Waals surface area (Å²) in [7, 11) is -2.19. The van der Waals surface area contributed by atoms with Gasteiger partial charge in [0.15, 0.2) is 11.5 Å². The first kappa shape index (κ1) is 19.4. The van der Waals surface area contributed by atoms with Crippen molar-refractivity contribution in [1.29, 1.82) is 0 Å². The third kappa shape index (κ3) is 4.89. The standard InChI is InChI=1S/C21H20N2O4S/c1-26-20-14-8-11-18(21(20)27-16-17-9-4-2-5-10-17)15-22-23-28(24,25)19-12-6-3-7-13-19/h2-15,23H,16H2,1H3/b22-15-. The quantitative estimate of drug-likeness (QED) is 0.466. The Hall–Kier alpha value is -3.32. The number of nitrogens with one attached hydrogen (secondary N) is 1. The molecule has 28 heavy (non-hydrogen) atoms. The zero-order valence-corrected chi connectivity index (χ0v) is 16.1. The van der Waals surface area contributed by atoms with E-state index in [1.165, 1.54) is 18.3 Å². The Balaban J connectivity index is 1.78. The monoisotopic (exact) mass is 396 g/mol. The summed E-state index contributed by atoms with van der Waals surface area (Å²) >= 11 is 0. The van der Waals surface area contributed by atoms with E-state index >= 15 is 0 Å². The molecule has 0 amide bonds. The third-order valence-electron chi connectivity index (χ3n) is 3.89. The minimum Gasteiger partial charge on any atom is -0.493 e. The van der Waals surface area contributed by atoms with Crippen LogP contribution < -0.4 is 14.3 Å². The van der Waals surface area contributed by atoms with Crippen LogP contribution in [0.5, 0.6) is 11.5 Å². The Morgan fingerprint density at radius 2 is 1.61 bits per heavy atom. The van der Waals surface area contributed by atoms with Crippen molar-refractivity contribution in [2.24, 2.45) is 5.10 Å². The molecule has 144 valence electrons. The molecular formula is C21H20N2O4S. The highest BCUT2D eigenvalue weighted by molar-refractivity contribution is 7.89. The molecule has 0 aromatic heterocycles. The van der Waals surface area contributed by atoms with Gasteiger partial charge in [-0.25, -0.2) is 4.83 Å². The van der Waals surface area contributed by atoms with E-state index in [1.807, 2.05) is 30.3 Å². The molecule has 0 atom stereocenters. The number of benzene rings is 3. The zero-order valence-electron chi connectivity index (χ0n) is 15.3. The van der Waals surface area contributed by atoms with Gasteiger partial charge in [-0.15, -0.1) is 0 Å². The largest absolute Gasteiger partial charge is 0.493 e. The summed E-state index contributed by atoms with van der Waals surface area (Å²) in [6.07, 6.45) is 1.39. The van der Waals surface area contributed by atoms with Crippen LogP contribution in [0.25, 0.3) is 0 Å². The average molecular weight is 396 g/mol. The van der Waals surface area contributed by atoms with E-state index in [0.29, 0.717) is 23.7 Å². The maximum Gasteiger partial charge on any atom is 0.276 e. The Labute approximate surface area is 164 Å². The smallest absolute Gasteiger partial charge is 0.276 e. The molecule has 0 radical (unpaired) electrons. The number of ether oxygens (including phenoxy) is 2. The second kappa shape index (κ2) is 9.05. The van der Waals surface area contributed by atoms with Crippen LogP contribution in [0.15, 0.2) is 88.9 Å². The first-order valence-electron chi connectivity index (χ1n) is 8.54. The van der Waals surface area contributed by atoms with E-state index in [0.717, 1.165) is 5.56 Å². The number of hydrazone groups is 1. The molecule has 0 saturated carbocycles. The van der Waals surface area contributed by atoms with Gasteiger partial charge in [0.2, 0.25) is 0 Å². The van der Waals surface area contributed by atoms with Gasteiger partial charge in [-0.2, -0.15) is 13.5 Å². The lowest BCUT2D eigenvalue weighted by Gasteiger charge is -2.13. The van der Waals surface area contributed by atoms with Gasteiger partial charge in [0.25, 0.3) is 10.0 Å². The van der Waals surface area contributed by atoms with Crippen LogP contribution >= 0.6 is 0 Å². The second-order valence-corrected chi connectivity index (χ2v) is 7.48. The fraction of sp³-hybridized carbons (Fsp3) is 0.0952. The predicted molar refractivity (Wildman–Crippen MR) is 108 cm³/mol. The summed E-state index contributed by atoms with van der Waals surface area (Å²) in [5.41, 5.74) is 1.59. The number of para-hydroxylation sites is 1. The first-order valence-corrected chi connectivity index (χ1v) is 10.0. The number of sulfonamides is 1. The number of hydrogen-bond donors (Lipinski definition) is 1. The van der Waals surface area contributed by atoms with Gasteiger partial charge in [-0.1, -0.05) is 54.6 Å². The summed E-state index contributed by atoms with van der Waals surface area (Å²) in [6.45, 7) is 0.345. The fourth-order valence-corrected chi connectivity index (χ4v) is 3.31. The second-order valence-electron chi connectivity index (χ2n) is 5.82. The molecule has 3 aromatic carbocycles. The summed E-state index contributed by atoms with van der Waals surface area (Å²) in [5.74, 6) is 1.02. The highest BCUT2D eigenvalue weighted by Gasteiger charge is 2.13. The molecule has 3 aromatic rings. The lowest BCUT2D eigenvalue weighted by atomic mass is 10.2. The summed E-state index contributed by atoms with van der Waals surface area (Å²) in [6, 6.07) is 23.1. The van der Waals surface area contributed by atoms with Gasteiger partial charge in [0.1, 0.15) is 6.61 Å². The normalized spacial score (nSPS) is 11.3. The topological polar surface area (TPSA) is 77.0 Å². The summed E-state index contributed by atoms with van der Waals surface area (Å²) in [4.78, 5) is 2.34.